The molecule has 2 aromatic rings. The molecule has 1 aliphatic heterocycles. The highest BCUT2D eigenvalue weighted by Crippen LogP contribution is 2.27. The molecular formula is C13H8Cl2N2O4. The quantitative estimate of drug-likeness (QED) is 0.863. The van der Waals surface area contributed by atoms with E-state index in [9.17, 15) is 9.59 Å². The van der Waals surface area contributed by atoms with Gasteiger partial charge in [-0.2, -0.15) is 4.98 Å². The van der Waals surface area contributed by atoms with Crippen LogP contribution in [0.1, 0.15) is 4.79 Å². The van der Waals surface area contributed by atoms with Crippen molar-refractivity contribution in [3.8, 4) is 11.8 Å². The monoisotopic (exact) mass is 326 g/mol. The molecule has 1 aromatic carbocycles. The summed E-state index contributed by atoms with van der Waals surface area (Å²) in [4.78, 5) is 26.7. The highest BCUT2D eigenvalue weighted by atomic mass is 35.5. The van der Waals surface area contributed by atoms with Crippen LogP contribution < -0.4 is 15.0 Å². The molecule has 0 spiro atoms. The minimum atomic E-state index is -0.867. The van der Waals surface area contributed by atoms with Crippen LogP contribution in [-0.4, -0.2) is 28.2 Å². The molecule has 1 aromatic heterocycles. The van der Waals surface area contributed by atoms with E-state index in [0.29, 0.717) is 15.8 Å². The topological polar surface area (TPSA) is 70.4 Å². The smallest absolute Gasteiger partial charge is 0.307 e. The Hall–Kier alpha value is -2.05. The minimum absolute atomic E-state index is 0.0322. The summed E-state index contributed by atoms with van der Waals surface area (Å²) in [5.41, 5.74) is -0.472. The van der Waals surface area contributed by atoms with Crippen molar-refractivity contribution >= 4 is 29.1 Å². The Kier molecular flexibility index (Phi) is 3.57. The molecule has 1 atom stereocenters. The lowest BCUT2D eigenvalue weighted by Crippen LogP contribution is -2.30. The predicted molar refractivity (Wildman–Crippen MR) is 75.5 cm³/mol. The van der Waals surface area contributed by atoms with Gasteiger partial charge in [0.05, 0.1) is 10.0 Å². The lowest BCUT2D eigenvalue weighted by molar-refractivity contribution is 0.0726. The van der Waals surface area contributed by atoms with Gasteiger partial charge in [-0.25, -0.2) is 4.57 Å². The molecule has 108 valence electrons. The van der Waals surface area contributed by atoms with E-state index in [2.05, 4.69) is 4.98 Å². The summed E-state index contributed by atoms with van der Waals surface area (Å²) < 4.78 is 11.9. The molecule has 0 fully saturated rings. The zero-order valence-electron chi connectivity index (χ0n) is 10.5. The normalized spacial score (nSPS) is 16.5. The van der Waals surface area contributed by atoms with Crippen molar-refractivity contribution in [3.05, 3.63) is 50.9 Å². The third kappa shape index (κ3) is 2.72. The van der Waals surface area contributed by atoms with Crippen LogP contribution in [0.3, 0.4) is 0 Å². The number of rotatable bonds is 3. The van der Waals surface area contributed by atoms with Crippen LogP contribution in [0.15, 0.2) is 35.3 Å². The van der Waals surface area contributed by atoms with Gasteiger partial charge >= 0.3 is 6.01 Å². The SMILES string of the molecule is O=C1C(COc2ccc(Cl)c(Cl)c2)Oc2nc(=O)ccn21. The average molecular weight is 327 g/mol. The van der Waals surface area contributed by atoms with Gasteiger partial charge in [-0.3, -0.25) is 9.59 Å². The zero-order chi connectivity index (χ0) is 15.0. The molecule has 0 N–H and O–H groups in total. The van der Waals surface area contributed by atoms with E-state index in [-0.39, 0.29) is 18.5 Å². The van der Waals surface area contributed by atoms with Crippen molar-refractivity contribution in [2.24, 2.45) is 0 Å². The lowest BCUT2D eigenvalue weighted by atomic mass is 10.3. The third-order valence-electron chi connectivity index (χ3n) is 2.83. The van der Waals surface area contributed by atoms with E-state index < -0.39 is 11.7 Å². The number of carbonyl (C=O) groups excluding carboxylic acids is 1. The summed E-state index contributed by atoms with van der Waals surface area (Å²) in [6, 6.07) is 5.91. The Balaban J connectivity index is 1.71. The Labute approximate surface area is 128 Å². The summed E-state index contributed by atoms with van der Waals surface area (Å²) in [5.74, 6) is 0.108. The summed E-state index contributed by atoms with van der Waals surface area (Å²) in [6.45, 7) is -0.0334. The molecule has 0 amide bonds. The maximum Gasteiger partial charge on any atom is 0.307 e. The van der Waals surface area contributed by atoms with Crippen LogP contribution >= 0.6 is 23.2 Å². The van der Waals surface area contributed by atoms with Crippen LogP contribution in [0.25, 0.3) is 0 Å². The first kappa shape index (κ1) is 13.9. The number of benzene rings is 1. The standard InChI is InChI=1S/C13H8Cl2N2O4/c14-8-2-1-7(5-9(8)15)20-6-10-12(19)17-4-3-11(18)16-13(17)21-10/h1-5,10H,6H2. The molecule has 3 rings (SSSR count). The second-order valence-electron chi connectivity index (χ2n) is 4.25. The van der Waals surface area contributed by atoms with Crippen LogP contribution in [0.4, 0.5) is 0 Å². The molecule has 0 bridgehead atoms. The number of nitrogens with zero attached hydrogens (tertiary/aromatic N) is 2. The molecule has 0 saturated carbocycles. The number of fused-ring (bicyclic) bond motifs is 1. The van der Waals surface area contributed by atoms with Crippen molar-refractivity contribution in [1.29, 1.82) is 0 Å². The predicted octanol–water partition coefficient (Wildman–Crippen LogP) is 2.03. The average Bonchev–Trinajstić information content (AvgIpc) is 2.76. The van der Waals surface area contributed by atoms with E-state index in [1.807, 2.05) is 0 Å². The number of halogens is 2. The summed E-state index contributed by atoms with van der Waals surface area (Å²) in [7, 11) is 0. The second kappa shape index (κ2) is 5.38. The first-order valence-corrected chi connectivity index (χ1v) is 6.68. The first-order chi connectivity index (χ1) is 10.0. The highest BCUT2D eigenvalue weighted by molar-refractivity contribution is 6.42. The molecule has 1 unspecified atom stereocenters. The summed E-state index contributed by atoms with van der Waals surface area (Å²) >= 11 is 11.7. The van der Waals surface area contributed by atoms with Gasteiger partial charge in [-0.1, -0.05) is 23.2 Å². The van der Waals surface area contributed by atoms with Crippen LogP contribution in [0.2, 0.25) is 10.0 Å². The van der Waals surface area contributed by atoms with E-state index in [4.69, 9.17) is 32.7 Å². The summed E-state index contributed by atoms with van der Waals surface area (Å²) in [6.07, 6.45) is 0.459. The number of hydrogen-bond donors (Lipinski definition) is 0. The van der Waals surface area contributed by atoms with Gasteiger partial charge in [0, 0.05) is 18.3 Å². The van der Waals surface area contributed by atoms with E-state index in [1.54, 1.807) is 12.1 Å². The Morgan fingerprint density at radius 1 is 1.24 bits per heavy atom. The molecule has 1 aliphatic rings. The number of carbonyl (C=O) groups is 1. The van der Waals surface area contributed by atoms with Crippen LogP contribution in [-0.2, 0) is 0 Å². The third-order valence-corrected chi connectivity index (χ3v) is 3.57. The molecule has 0 radical (unpaired) electrons. The fourth-order valence-electron chi connectivity index (χ4n) is 1.81. The Morgan fingerprint density at radius 3 is 2.81 bits per heavy atom. The van der Waals surface area contributed by atoms with Crippen molar-refractivity contribution in [3.63, 3.8) is 0 Å². The van der Waals surface area contributed by atoms with E-state index >= 15 is 0 Å². The molecule has 2 heterocycles. The Bertz CT molecular complexity index is 775. The number of aromatic nitrogens is 2. The molecule has 0 aliphatic carbocycles. The maximum atomic E-state index is 12.0. The van der Waals surface area contributed by atoms with Crippen molar-refractivity contribution in [2.45, 2.75) is 6.10 Å². The molecule has 0 saturated heterocycles. The van der Waals surface area contributed by atoms with Gasteiger partial charge in [-0.15, -0.1) is 0 Å². The van der Waals surface area contributed by atoms with Crippen LogP contribution in [0, 0.1) is 0 Å². The summed E-state index contributed by atoms with van der Waals surface area (Å²) in [5, 5.41) is 0.760. The maximum absolute atomic E-state index is 12.0. The Morgan fingerprint density at radius 2 is 2.05 bits per heavy atom. The molecular weight excluding hydrogens is 319 g/mol. The van der Waals surface area contributed by atoms with E-state index in [0.717, 1.165) is 0 Å². The van der Waals surface area contributed by atoms with Gasteiger partial charge in [0.1, 0.15) is 12.4 Å². The second-order valence-corrected chi connectivity index (χ2v) is 5.06. The highest BCUT2D eigenvalue weighted by Gasteiger charge is 2.33. The van der Waals surface area contributed by atoms with Gasteiger partial charge < -0.3 is 9.47 Å². The first-order valence-electron chi connectivity index (χ1n) is 5.93. The zero-order valence-corrected chi connectivity index (χ0v) is 12.0. The van der Waals surface area contributed by atoms with Crippen molar-refractivity contribution in [1.82, 2.24) is 9.55 Å². The number of ether oxygens (including phenoxy) is 2. The largest absolute Gasteiger partial charge is 0.489 e. The minimum Gasteiger partial charge on any atom is -0.489 e. The van der Waals surface area contributed by atoms with Crippen LogP contribution in [0.5, 0.6) is 11.8 Å². The van der Waals surface area contributed by atoms with Gasteiger partial charge in [-0.05, 0) is 12.1 Å². The molecule has 21 heavy (non-hydrogen) atoms. The van der Waals surface area contributed by atoms with Crippen molar-refractivity contribution in [2.75, 3.05) is 6.61 Å². The lowest BCUT2D eigenvalue weighted by Gasteiger charge is -2.10. The number of hydrogen-bond acceptors (Lipinski definition) is 5. The van der Waals surface area contributed by atoms with Gasteiger partial charge in [0.15, 0.2) is 0 Å². The van der Waals surface area contributed by atoms with Crippen molar-refractivity contribution < 1.29 is 14.3 Å². The van der Waals surface area contributed by atoms with Gasteiger partial charge in [0.2, 0.25) is 6.10 Å². The molecule has 8 heteroatoms. The van der Waals surface area contributed by atoms with Gasteiger partial charge in [0.25, 0.3) is 11.5 Å². The fraction of sp³-hybridized carbons (Fsp3) is 0.154. The fourth-order valence-corrected chi connectivity index (χ4v) is 2.10. The molecule has 6 nitrogen and oxygen atoms in total. The van der Waals surface area contributed by atoms with E-state index in [1.165, 1.54) is 22.9 Å².